The third-order valence-corrected chi connectivity index (χ3v) is 2.77. The summed E-state index contributed by atoms with van der Waals surface area (Å²) in [4.78, 5) is 1.27. The summed E-state index contributed by atoms with van der Waals surface area (Å²) >= 11 is 7.30. The third kappa shape index (κ3) is 4.09. The van der Waals surface area contributed by atoms with Gasteiger partial charge in [-0.1, -0.05) is 11.8 Å². The van der Waals surface area contributed by atoms with Crippen molar-refractivity contribution in [3.8, 4) is 11.8 Å². The number of rotatable bonds is 3. The zero-order valence-electron chi connectivity index (χ0n) is 8.22. The van der Waals surface area contributed by atoms with Gasteiger partial charge in [-0.05, 0) is 36.9 Å². The first-order valence-electron chi connectivity index (χ1n) is 4.55. The SMILES string of the molecule is CSc1ccc(C#CCCCCl)cc1. The first kappa shape index (κ1) is 11.5. The minimum Gasteiger partial charge on any atom is -0.130 e. The monoisotopic (exact) mass is 224 g/mol. The highest BCUT2D eigenvalue weighted by molar-refractivity contribution is 7.98. The second-order valence-corrected chi connectivity index (χ2v) is 4.08. The molecule has 0 aliphatic rings. The van der Waals surface area contributed by atoms with Crippen LogP contribution in [0, 0.1) is 11.8 Å². The van der Waals surface area contributed by atoms with Crippen molar-refractivity contribution in [2.45, 2.75) is 17.7 Å². The highest BCUT2D eigenvalue weighted by Crippen LogP contribution is 2.14. The molecule has 0 aliphatic carbocycles. The van der Waals surface area contributed by atoms with E-state index in [-0.39, 0.29) is 0 Å². The van der Waals surface area contributed by atoms with Gasteiger partial charge in [0.2, 0.25) is 0 Å². The molecular formula is C12H13ClS. The summed E-state index contributed by atoms with van der Waals surface area (Å²) in [6.45, 7) is 0. The second kappa shape index (κ2) is 6.81. The van der Waals surface area contributed by atoms with Gasteiger partial charge in [0.15, 0.2) is 0 Å². The van der Waals surface area contributed by atoms with Crippen molar-refractivity contribution in [3.63, 3.8) is 0 Å². The Hall–Kier alpha value is -0.580. The standard InChI is InChI=1S/C12H13ClS/c1-14-12-8-6-11(7-9-12)5-3-2-4-10-13/h6-9H,2,4,10H2,1H3. The average Bonchev–Trinajstić information content (AvgIpc) is 2.25. The van der Waals surface area contributed by atoms with Crippen LogP contribution in [0.4, 0.5) is 0 Å². The molecule has 0 bridgehead atoms. The number of alkyl halides is 1. The summed E-state index contributed by atoms with van der Waals surface area (Å²) in [7, 11) is 0. The fourth-order valence-electron chi connectivity index (χ4n) is 0.994. The molecule has 74 valence electrons. The van der Waals surface area contributed by atoms with Crippen LogP contribution in [0.3, 0.4) is 0 Å². The summed E-state index contributed by atoms with van der Waals surface area (Å²) in [5, 5.41) is 0. The molecule has 0 saturated carbocycles. The van der Waals surface area contributed by atoms with Gasteiger partial charge in [-0.15, -0.1) is 23.4 Å². The number of benzene rings is 1. The molecule has 0 spiro atoms. The summed E-state index contributed by atoms with van der Waals surface area (Å²) < 4.78 is 0. The average molecular weight is 225 g/mol. The molecular weight excluding hydrogens is 212 g/mol. The largest absolute Gasteiger partial charge is 0.130 e. The summed E-state index contributed by atoms with van der Waals surface area (Å²) in [6, 6.07) is 8.30. The molecule has 0 atom stereocenters. The van der Waals surface area contributed by atoms with Crippen molar-refractivity contribution in [2.75, 3.05) is 12.1 Å². The van der Waals surface area contributed by atoms with Crippen molar-refractivity contribution in [2.24, 2.45) is 0 Å². The third-order valence-electron chi connectivity index (χ3n) is 1.76. The number of thioether (sulfide) groups is 1. The highest BCUT2D eigenvalue weighted by atomic mass is 35.5. The lowest BCUT2D eigenvalue weighted by atomic mass is 10.2. The molecule has 0 nitrogen and oxygen atoms in total. The molecule has 0 N–H and O–H groups in total. The van der Waals surface area contributed by atoms with Gasteiger partial charge < -0.3 is 0 Å². The smallest absolute Gasteiger partial charge is 0.0246 e. The molecule has 0 aliphatic heterocycles. The Labute approximate surface area is 95.0 Å². The Balaban J connectivity index is 2.53. The van der Waals surface area contributed by atoms with E-state index in [0.29, 0.717) is 5.88 Å². The van der Waals surface area contributed by atoms with Crippen molar-refractivity contribution < 1.29 is 0 Å². The van der Waals surface area contributed by atoms with Crippen LogP contribution in [0.25, 0.3) is 0 Å². The quantitative estimate of drug-likeness (QED) is 0.326. The number of unbranched alkanes of at least 4 members (excludes halogenated alkanes) is 1. The van der Waals surface area contributed by atoms with Crippen LogP contribution in [0.15, 0.2) is 29.2 Å². The number of hydrogen-bond acceptors (Lipinski definition) is 1. The van der Waals surface area contributed by atoms with E-state index < -0.39 is 0 Å². The van der Waals surface area contributed by atoms with Crippen LogP contribution in [-0.2, 0) is 0 Å². The Morgan fingerprint density at radius 1 is 1.29 bits per heavy atom. The minimum absolute atomic E-state index is 0.695. The minimum atomic E-state index is 0.695. The van der Waals surface area contributed by atoms with Crippen molar-refractivity contribution in [3.05, 3.63) is 29.8 Å². The van der Waals surface area contributed by atoms with Crippen LogP contribution in [0.2, 0.25) is 0 Å². The lowest BCUT2D eigenvalue weighted by Gasteiger charge is -1.94. The summed E-state index contributed by atoms with van der Waals surface area (Å²) in [5.41, 5.74) is 1.08. The van der Waals surface area contributed by atoms with Gasteiger partial charge in [-0.2, -0.15) is 0 Å². The fraction of sp³-hybridized carbons (Fsp3) is 0.333. The zero-order valence-corrected chi connectivity index (χ0v) is 9.79. The zero-order chi connectivity index (χ0) is 10.2. The Morgan fingerprint density at radius 3 is 2.57 bits per heavy atom. The van der Waals surface area contributed by atoms with Gasteiger partial charge in [0.05, 0.1) is 0 Å². The van der Waals surface area contributed by atoms with Gasteiger partial charge in [-0.25, -0.2) is 0 Å². The summed E-state index contributed by atoms with van der Waals surface area (Å²) in [6.07, 6.45) is 3.92. The van der Waals surface area contributed by atoms with E-state index in [9.17, 15) is 0 Å². The van der Waals surface area contributed by atoms with Crippen molar-refractivity contribution in [1.82, 2.24) is 0 Å². The second-order valence-electron chi connectivity index (χ2n) is 2.82. The number of halogens is 1. The molecule has 0 radical (unpaired) electrons. The van der Waals surface area contributed by atoms with E-state index in [4.69, 9.17) is 11.6 Å². The van der Waals surface area contributed by atoms with Gasteiger partial charge in [0.1, 0.15) is 0 Å². The molecule has 1 rings (SSSR count). The highest BCUT2D eigenvalue weighted by Gasteiger charge is 1.88. The molecule has 0 heterocycles. The molecule has 0 aromatic heterocycles. The summed E-state index contributed by atoms with van der Waals surface area (Å²) in [5.74, 6) is 6.91. The van der Waals surface area contributed by atoms with Crippen LogP contribution in [0.1, 0.15) is 18.4 Å². The van der Waals surface area contributed by atoms with Gasteiger partial charge in [-0.3, -0.25) is 0 Å². The molecule has 0 fully saturated rings. The maximum absolute atomic E-state index is 5.55. The Kier molecular flexibility index (Phi) is 5.59. The van der Waals surface area contributed by atoms with E-state index in [1.54, 1.807) is 11.8 Å². The molecule has 14 heavy (non-hydrogen) atoms. The molecule has 0 unspecified atom stereocenters. The van der Waals surface area contributed by atoms with Crippen molar-refractivity contribution in [1.29, 1.82) is 0 Å². The van der Waals surface area contributed by atoms with Crippen LogP contribution in [0.5, 0.6) is 0 Å². The topological polar surface area (TPSA) is 0 Å². The molecule has 0 amide bonds. The van der Waals surface area contributed by atoms with Gasteiger partial charge in [0.25, 0.3) is 0 Å². The van der Waals surface area contributed by atoms with E-state index in [2.05, 4.69) is 42.4 Å². The van der Waals surface area contributed by atoms with E-state index in [1.807, 2.05) is 0 Å². The molecule has 0 saturated heterocycles. The first-order valence-corrected chi connectivity index (χ1v) is 6.31. The lowest BCUT2D eigenvalue weighted by molar-refractivity contribution is 0.991. The maximum Gasteiger partial charge on any atom is 0.0246 e. The molecule has 1 aromatic rings. The van der Waals surface area contributed by atoms with Crippen molar-refractivity contribution >= 4 is 23.4 Å². The van der Waals surface area contributed by atoms with Crippen LogP contribution in [-0.4, -0.2) is 12.1 Å². The first-order chi connectivity index (χ1) is 6.86. The number of hydrogen-bond donors (Lipinski definition) is 0. The fourth-order valence-corrected chi connectivity index (χ4v) is 1.54. The van der Waals surface area contributed by atoms with E-state index in [0.717, 1.165) is 18.4 Å². The predicted octanol–water partition coefficient (Wildman–Crippen LogP) is 3.78. The molecule has 2 heteroatoms. The van der Waals surface area contributed by atoms with Crippen LogP contribution < -0.4 is 0 Å². The van der Waals surface area contributed by atoms with E-state index in [1.165, 1.54) is 4.90 Å². The van der Waals surface area contributed by atoms with Gasteiger partial charge in [0, 0.05) is 22.8 Å². The normalized spacial score (nSPS) is 9.29. The predicted molar refractivity (Wildman–Crippen MR) is 65.1 cm³/mol. The Morgan fingerprint density at radius 2 is 2.00 bits per heavy atom. The van der Waals surface area contributed by atoms with Crippen LogP contribution >= 0.6 is 23.4 Å². The van der Waals surface area contributed by atoms with E-state index >= 15 is 0 Å². The molecule has 1 aromatic carbocycles. The lowest BCUT2D eigenvalue weighted by Crippen LogP contribution is -1.76. The maximum atomic E-state index is 5.55. The Bertz CT molecular complexity index is 318. The van der Waals surface area contributed by atoms with Gasteiger partial charge >= 0.3 is 0 Å².